The second kappa shape index (κ2) is 14.6. The zero-order chi connectivity index (χ0) is 28.3. The summed E-state index contributed by atoms with van der Waals surface area (Å²) in [7, 11) is 4.17. The summed E-state index contributed by atoms with van der Waals surface area (Å²) in [5.41, 5.74) is 8.99. The number of anilines is 1. The topological polar surface area (TPSA) is 74.0 Å². The largest absolute Gasteiger partial charge is 0.370 e. The lowest BCUT2D eigenvalue weighted by Crippen LogP contribution is -2.41. The standard InChI is InChI=1S/C33H42FN5O/c1-38(2)21-22-39(24-25-11-5-3-6-12-25)33(36-27-13-7-4-8-14-27)37-28-19-17-26(18-20-28)30(23-32(35)40)29-15-9-10-16-31(29)34/h3,5-6,9-12,15-20,27,30H,4,7-8,13-14,21-24H2,1-2H3,(H2,35,40)(H,36,37). The van der Waals surface area contributed by atoms with Gasteiger partial charge in [0.1, 0.15) is 5.82 Å². The van der Waals surface area contributed by atoms with E-state index in [-0.39, 0.29) is 12.2 Å². The highest BCUT2D eigenvalue weighted by Crippen LogP contribution is 2.31. The van der Waals surface area contributed by atoms with Crippen molar-refractivity contribution in [3.05, 3.63) is 101 Å². The first-order valence-corrected chi connectivity index (χ1v) is 14.3. The Kier molecular flexibility index (Phi) is 10.7. The summed E-state index contributed by atoms with van der Waals surface area (Å²) in [5.74, 6) is -0.379. The molecule has 1 saturated carbocycles. The van der Waals surface area contributed by atoms with E-state index >= 15 is 0 Å². The minimum absolute atomic E-state index is 0.0392. The molecule has 0 spiro atoms. The van der Waals surface area contributed by atoms with Gasteiger partial charge in [-0.1, -0.05) is 79.9 Å². The van der Waals surface area contributed by atoms with Crippen molar-refractivity contribution in [3.63, 3.8) is 0 Å². The molecule has 1 unspecified atom stereocenters. The molecule has 1 atom stereocenters. The van der Waals surface area contributed by atoms with Crippen molar-refractivity contribution >= 4 is 17.6 Å². The number of hydrogen-bond acceptors (Lipinski definition) is 3. The van der Waals surface area contributed by atoms with Crippen molar-refractivity contribution < 1.29 is 9.18 Å². The highest BCUT2D eigenvalue weighted by molar-refractivity contribution is 5.94. The molecule has 40 heavy (non-hydrogen) atoms. The number of aliphatic imine (C=N–C) groups is 1. The molecule has 0 aliphatic heterocycles. The number of nitrogens with two attached hydrogens (primary N) is 1. The summed E-state index contributed by atoms with van der Waals surface area (Å²) in [4.78, 5) is 21.6. The fourth-order valence-corrected chi connectivity index (χ4v) is 5.25. The van der Waals surface area contributed by atoms with Crippen LogP contribution in [0, 0.1) is 5.82 Å². The van der Waals surface area contributed by atoms with Gasteiger partial charge in [0.2, 0.25) is 5.91 Å². The Morgan fingerprint density at radius 3 is 2.27 bits per heavy atom. The number of rotatable bonds is 11. The maximum absolute atomic E-state index is 14.7. The first-order valence-electron chi connectivity index (χ1n) is 14.3. The molecule has 0 radical (unpaired) electrons. The predicted octanol–water partition coefficient (Wildman–Crippen LogP) is 6.00. The van der Waals surface area contributed by atoms with Crippen molar-refractivity contribution in [2.24, 2.45) is 10.7 Å². The fraction of sp³-hybridized carbons (Fsp3) is 0.394. The molecule has 4 rings (SSSR count). The predicted molar refractivity (Wildman–Crippen MR) is 162 cm³/mol. The second-order valence-electron chi connectivity index (χ2n) is 10.9. The van der Waals surface area contributed by atoms with Crippen LogP contribution in [0.25, 0.3) is 0 Å². The first kappa shape index (κ1) is 29.3. The van der Waals surface area contributed by atoms with Crippen molar-refractivity contribution in [1.29, 1.82) is 0 Å². The van der Waals surface area contributed by atoms with Crippen molar-refractivity contribution in [1.82, 2.24) is 9.80 Å². The van der Waals surface area contributed by atoms with Crippen LogP contribution in [0.15, 0.2) is 83.9 Å². The average molecular weight is 544 g/mol. The molecule has 212 valence electrons. The van der Waals surface area contributed by atoms with E-state index in [4.69, 9.17) is 10.7 Å². The highest BCUT2D eigenvalue weighted by atomic mass is 19.1. The Balaban J connectivity index is 1.62. The molecule has 3 N–H and O–H groups in total. The average Bonchev–Trinajstić information content (AvgIpc) is 2.95. The van der Waals surface area contributed by atoms with Crippen LogP contribution in [0.2, 0.25) is 0 Å². The normalized spacial score (nSPS) is 15.2. The Morgan fingerprint density at radius 1 is 0.950 bits per heavy atom. The third-order valence-corrected chi connectivity index (χ3v) is 7.47. The minimum atomic E-state index is -0.463. The van der Waals surface area contributed by atoms with Crippen LogP contribution < -0.4 is 11.1 Å². The van der Waals surface area contributed by atoms with Gasteiger partial charge in [-0.2, -0.15) is 0 Å². The Labute approximate surface area is 238 Å². The number of likely N-dealkylation sites (N-methyl/N-ethyl adjacent to an activating group) is 1. The molecular weight excluding hydrogens is 501 g/mol. The van der Waals surface area contributed by atoms with E-state index in [1.54, 1.807) is 18.2 Å². The summed E-state index contributed by atoms with van der Waals surface area (Å²) in [6, 6.07) is 25.2. The van der Waals surface area contributed by atoms with E-state index in [0.29, 0.717) is 11.6 Å². The van der Waals surface area contributed by atoms with Crippen LogP contribution in [-0.2, 0) is 11.3 Å². The van der Waals surface area contributed by atoms with E-state index in [1.165, 1.54) is 30.9 Å². The van der Waals surface area contributed by atoms with Gasteiger partial charge < -0.3 is 20.9 Å². The third-order valence-electron chi connectivity index (χ3n) is 7.47. The maximum atomic E-state index is 14.7. The molecule has 3 aromatic rings. The van der Waals surface area contributed by atoms with Crippen LogP contribution >= 0.6 is 0 Å². The molecule has 0 saturated heterocycles. The number of halogens is 1. The first-order chi connectivity index (χ1) is 19.4. The molecule has 7 heteroatoms. The molecule has 1 fully saturated rings. The summed E-state index contributed by atoms with van der Waals surface area (Å²) < 4.78 is 14.7. The fourth-order valence-electron chi connectivity index (χ4n) is 5.25. The Bertz CT molecular complexity index is 1240. The minimum Gasteiger partial charge on any atom is -0.370 e. The molecule has 3 aromatic carbocycles. The number of primary amides is 1. The summed E-state index contributed by atoms with van der Waals surface area (Å²) in [5, 5.41) is 3.62. The number of carbonyl (C=O) groups excluding carboxylic acids is 1. The summed E-state index contributed by atoms with van der Waals surface area (Å²) in [6.07, 6.45) is 5.95. The smallest absolute Gasteiger partial charge is 0.218 e. The number of benzene rings is 3. The van der Waals surface area contributed by atoms with E-state index < -0.39 is 11.8 Å². The summed E-state index contributed by atoms with van der Waals surface area (Å²) in [6.45, 7) is 2.47. The highest BCUT2D eigenvalue weighted by Gasteiger charge is 2.21. The van der Waals surface area contributed by atoms with Gasteiger partial charge in [0.15, 0.2) is 5.96 Å². The maximum Gasteiger partial charge on any atom is 0.218 e. The van der Waals surface area contributed by atoms with Crippen LogP contribution in [-0.4, -0.2) is 54.9 Å². The van der Waals surface area contributed by atoms with Crippen molar-refractivity contribution in [2.75, 3.05) is 32.5 Å². The molecule has 1 amide bonds. The quantitative estimate of drug-likeness (QED) is 0.230. The Hall–Kier alpha value is -3.71. The van der Waals surface area contributed by atoms with Gasteiger partial charge in [-0.25, -0.2) is 9.38 Å². The van der Waals surface area contributed by atoms with Crippen LogP contribution in [0.3, 0.4) is 0 Å². The van der Waals surface area contributed by atoms with Crippen molar-refractivity contribution in [3.8, 4) is 0 Å². The van der Waals surface area contributed by atoms with Gasteiger partial charge in [0.05, 0.1) is 6.04 Å². The van der Waals surface area contributed by atoms with E-state index in [1.807, 2.05) is 30.3 Å². The van der Waals surface area contributed by atoms with Crippen LogP contribution in [0.4, 0.5) is 10.1 Å². The van der Waals surface area contributed by atoms with E-state index in [9.17, 15) is 9.18 Å². The SMILES string of the molecule is CN(C)CCN(Cc1ccccc1)C(=NC1CCCCC1)Nc1ccc(C(CC(N)=O)c2ccccc2F)cc1. The zero-order valence-corrected chi connectivity index (χ0v) is 23.7. The lowest BCUT2D eigenvalue weighted by Gasteiger charge is -2.30. The molecule has 0 aromatic heterocycles. The third kappa shape index (κ3) is 8.65. The van der Waals surface area contributed by atoms with Crippen LogP contribution in [0.5, 0.6) is 0 Å². The molecule has 0 bridgehead atoms. The molecule has 1 aliphatic rings. The number of guanidine groups is 1. The second-order valence-corrected chi connectivity index (χ2v) is 10.9. The summed E-state index contributed by atoms with van der Waals surface area (Å²) >= 11 is 0. The number of nitrogens with zero attached hydrogens (tertiary/aromatic N) is 3. The van der Waals surface area contributed by atoms with E-state index in [0.717, 1.165) is 49.7 Å². The number of carbonyl (C=O) groups is 1. The zero-order valence-electron chi connectivity index (χ0n) is 23.7. The Morgan fingerprint density at radius 2 is 1.62 bits per heavy atom. The molecule has 6 nitrogen and oxygen atoms in total. The van der Waals surface area contributed by atoms with Gasteiger partial charge in [-0.3, -0.25) is 4.79 Å². The van der Waals surface area contributed by atoms with Gasteiger partial charge >= 0.3 is 0 Å². The molecule has 0 heterocycles. The van der Waals surface area contributed by atoms with Crippen molar-refractivity contribution in [2.45, 2.75) is 57.0 Å². The van der Waals surface area contributed by atoms with Crippen LogP contribution in [0.1, 0.15) is 61.1 Å². The lowest BCUT2D eigenvalue weighted by molar-refractivity contribution is -0.118. The number of hydrogen-bond donors (Lipinski definition) is 2. The molecule has 1 aliphatic carbocycles. The van der Waals surface area contributed by atoms with Gasteiger partial charge in [-0.15, -0.1) is 0 Å². The van der Waals surface area contributed by atoms with Gasteiger partial charge in [0, 0.05) is 37.7 Å². The number of amides is 1. The monoisotopic (exact) mass is 543 g/mol. The lowest BCUT2D eigenvalue weighted by atomic mass is 9.88. The van der Waals surface area contributed by atoms with Gasteiger partial charge in [-0.05, 0) is 61.8 Å². The van der Waals surface area contributed by atoms with E-state index in [2.05, 4.69) is 53.5 Å². The number of nitrogens with one attached hydrogen (secondary N) is 1. The van der Waals surface area contributed by atoms with Gasteiger partial charge in [0.25, 0.3) is 0 Å². The molecular formula is C33H42FN5O.